The van der Waals surface area contributed by atoms with Crippen LogP contribution < -0.4 is 4.90 Å². The van der Waals surface area contributed by atoms with Gasteiger partial charge in [-0.25, -0.2) is 22.7 Å². The summed E-state index contributed by atoms with van der Waals surface area (Å²) in [5.41, 5.74) is 0. The van der Waals surface area contributed by atoms with Crippen LogP contribution in [0.15, 0.2) is 12.4 Å². The largest absolute Gasteiger partial charge is 0.390 e. The normalized spacial score (nSPS) is 20.6. The first-order valence-electron chi connectivity index (χ1n) is 11.5. The molecule has 0 spiro atoms. The summed E-state index contributed by atoms with van der Waals surface area (Å²) in [5, 5.41) is 0.530. The molecular weight excluding hydrogens is 608 g/mol. The van der Waals surface area contributed by atoms with E-state index in [1.165, 1.54) is 4.31 Å². The molecule has 13 heteroatoms. The Morgan fingerprint density at radius 3 is 2.26 bits per heavy atom. The molecule has 3 heterocycles. The van der Waals surface area contributed by atoms with Crippen LogP contribution in [0.2, 0.25) is 5.02 Å². The molecular formula is C21H31ClF3IN4O3S. The van der Waals surface area contributed by atoms with Crippen molar-refractivity contribution in [3.8, 4) is 0 Å². The van der Waals surface area contributed by atoms with Crippen LogP contribution in [0.25, 0.3) is 0 Å². The van der Waals surface area contributed by atoms with Gasteiger partial charge in [0.25, 0.3) is 0 Å². The first kappa shape index (κ1) is 28.1. The Balaban J connectivity index is 1.29. The highest BCUT2D eigenvalue weighted by molar-refractivity contribution is 14.1. The monoisotopic (exact) mass is 638 g/mol. The zero-order chi connectivity index (χ0) is 24.8. The minimum Gasteiger partial charge on any atom is -0.380 e. The highest BCUT2D eigenvalue weighted by atomic mass is 127. The van der Waals surface area contributed by atoms with Crippen LogP contribution in [-0.2, 0) is 14.8 Å². The van der Waals surface area contributed by atoms with Crippen molar-refractivity contribution in [3.63, 3.8) is 0 Å². The molecule has 0 amide bonds. The van der Waals surface area contributed by atoms with Crippen molar-refractivity contribution in [3.05, 3.63) is 17.4 Å². The lowest BCUT2D eigenvalue weighted by Crippen LogP contribution is -2.41. The van der Waals surface area contributed by atoms with Gasteiger partial charge in [0.15, 0.2) is 0 Å². The smallest absolute Gasteiger partial charge is 0.380 e. The third-order valence-electron chi connectivity index (χ3n) is 6.36. The fourth-order valence-corrected chi connectivity index (χ4v) is 6.94. The molecule has 0 aromatic carbocycles. The Morgan fingerprint density at radius 1 is 1.09 bits per heavy atom. The number of sulfonamides is 1. The van der Waals surface area contributed by atoms with Crippen LogP contribution in [0.1, 0.15) is 38.5 Å². The predicted molar refractivity (Wildman–Crippen MR) is 134 cm³/mol. The van der Waals surface area contributed by atoms with E-state index >= 15 is 0 Å². The topological polar surface area (TPSA) is 75.6 Å². The molecule has 2 aliphatic heterocycles. The molecule has 2 saturated heterocycles. The van der Waals surface area contributed by atoms with Gasteiger partial charge >= 0.3 is 6.18 Å². The molecule has 1 aromatic heterocycles. The Labute approximate surface area is 218 Å². The van der Waals surface area contributed by atoms with Gasteiger partial charge in [-0.3, -0.25) is 0 Å². The Morgan fingerprint density at radius 2 is 1.68 bits per heavy atom. The van der Waals surface area contributed by atoms with Gasteiger partial charge in [0.1, 0.15) is 0 Å². The number of piperidine rings is 2. The zero-order valence-corrected chi connectivity index (χ0v) is 22.6. The third-order valence-corrected chi connectivity index (χ3v) is 9.29. The number of alkyl halides is 4. The average Bonchev–Trinajstić information content (AvgIpc) is 2.79. The molecule has 34 heavy (non-hydrogen) atoms. The van der Waals surface area contributed by atoms with Crippen molar-refractivity contribution in [1.82, 2.24) is 14.3 Å². The summed E-state index contributed by atoms with van der Waals surface area (Å²) in [6.07, 6.45) is 1.92. The molecule has 0 radical (unpaired) electrons. The minimum atomic E-state index is -4.46. The fraction of sp³-hybridized carbons (Fsp3) is 0.810. The van der Waals surface area contributed by atoms with Crippen molar-refractivity contribution < 1.29 is 26.3 Å². The maximum atomic E-state index is 12.4. The van der Waals surface area contributed by atoms with Gasteiger partial charge in [-0.1, -0.05) is 34.2 Å². The highest BCUT2D eigenvalue weighted by Gasteiger charge is 2.34. The molecule has 194 valence electrons. The molecule has 0 N–H and O–H groups in total. The van der Waals surface area contributed by atoms with E-state index in [9.17, 15) is 21.6 Å². The summed E-state index contributed by atoms with van der Waals surface area (Å²) in [5.74, 6) is 0.704. The highest BCUT2D eigenvalue weighted by Crippen LogP contribution is 2.28. The van der Waals surface area contributed by atoms with Crippen LogP contribution in [0.3, 0.4) is 0 Å². The quantitative estimate of drug-likeness (QED) is 0.277. The first-order chi connectivity index (χ1) is 16.0. The first-order valence-corrected chi connectivity index (χ1v) is 14.7. The van der Waals surface area contributed by atoms with Gasteiger partial charge in [0.2, 0.25) is 16.0 Å². The molecule has 0 bridgehead atoms. The van der Waals surface area contributed by atoms with Crippen molar-refractivity contribution >= 4 is 50.2 Å². The Hall–Kier alpha value is -0.440. The molecule has 3 rings (SSSR count). The van der Waals surface area contributed by atoms with E-state index in [0.29, 0.717) is 40.9 Å². The van der Waals surface area contributed by atoms with Crippen molar-refractivity contribution in [2.24, 2.45) is 11.8 Å². The molecule has 0 unspecified atom stereocenters. The Kier molecular flexibility index (Phi) is 10.5. The molecule has 0 saturated carbocycles. The number of rotatable bonds is 10. The van der Waals surface area contributed by atoms with E-state index in [0.717, 1.165) is 38.3 Å². The van der Waals surface area contributed by atoms with Crippen molar-refractivity contribution in [1.29, 1.82) is 0 Å². The minimum absolute atomic E-state index is 0.236. The second-order valence-electron chi connectivity index (χ2n) is 9.03. The van der Waals surface area contributed by atoms with Gasteiger partial charge in [-0.2, -0.15) is 13.2 Å². The number of nitrogens with zero attached hydrogens (tertiary/aromatic N) is 4. The zero-order valence-electron chi connectivity index (χ0n) is 18.9. The molecule has 7 nitrogen and oxygen atoms in total. The van der Waals surface area contributed by atoms with Crippen LogP contribution in [0.5, 0.6) is 0 Å². The second kappa shape index (κ2) is 12.7. The van der Waals surface area contributed by atoms with Gasteiger partial charge in [-0.15, -0.1) is 0 Å². The van der Waals surface area contributed by atoms with Crippen molar-refractivity contribution in [2.45, 2.75) is 48.6 Å². The maximum absolute atomic E-state index is 12.4. The van der Waals surface area contributed by atoms with E-state index in [1.807, 2.05) is 0 Å². The fourth-order valence-electron chi connectivity index (χ4n) is 4.36. The van der Waals surface area contributed by atoms with Crippen molar-refractivity contribution in [2.75, 3.05) is 50.0 Å². The van der Waals surface area contributed by atoms with Gasteiger partial charge in [0.05, 0.1) is 36.2 Å². The lowest BCUT2D eigenvalue weighted by Gasteiger charge is -2.33. The van der Waals surface area contributed by atoms with Gasteiger partial charge in [0, 0.05) is 36.7 Å². The Bertz CT molecular complexity index is 863. The summed E-state index contributed by atoms with van der Waals surface area (Å²) < 4.78 is 68.8. The predicted octanol–water partition coefficient (Wildman–Crippen LogP) is 4.55. The van der Waals surface area contributed by atoms with Crippen LogP contribution >= 0.6 is 34.2 Å². The summed E-state index contributed by atoms with van der Waals surface area (Å²) >= 11 is 8.29. The lowest BCUT2D eigenvalue weighted by atomic mass is 9.92. The van der Waals surface area contributed by atoms with E-state index in [1.54, 1.807) is 12.4 Å². The molecule has 2 aliphatic rings. The lowest BCUT2D eigenvalue weighted by molar-refractivity contribution is -0.130. The molecule has 0 aliphatic carbocycles. The van der Waals surface area contributed by atoms with Crippen LogP contribution in [-0.4, -0.2) is 77.9 Å². The molecule has 1 atom stereocenters. The number of halogens is 5. The van der Waals surface area contributed by atoms with E-state index < -0.39 is 28.4 Å². The third kappa shape index (κ3) is 9.21. The van der Waals surface area contributed by atoms with Crippen LogP contribution in [0, 0.1) is 11.8 Å². The SMILES string of the molecule is O=S(=O)(CCC(F)(F)F)N1CCC(COC[C@H](I)CC2CCN(c3ncc(Cl)cn3)CC2)CC1. The summed E-state index contributed by atoms with van der Waals surface area (Å²) in [6, 6.07) is 0. The molecule has 1 aromatic rings. The number of hydrogen-bond donors (Lipinski definition) is 0. The number of hydrogen-bond acceptors (Lipinski definition) is 6. The average molecular weight is 639 g/mol. The van der Waals surface area contributed by atoms with Crippen LogP contribution in [0.4, 0.5) is 19.1 Å². The number of aromatic nitrogens is 2. The second-order valence-corrected chi connectivity index (χ2v) is 13.3. The van der Waals surface area contributed by atoms with E-state index in [-0.39, 0.29) is 19.0 Å². The standard InChI is InChI=1S/C21H31ClF3IN4O3S/c22-18-12-27-20(28-13-18)29-6-1-16(2-7-29)11-19(26)15-33-14-17-3-8-30(9-4-17)34(31,32)10-5-21(23,24)25/h12-13,16-17,19H,1-11,14-15H2/t19-/m1/s1. The number of anilines is 1. The molecule has 2 fully saturated rings. The van der Waals surface area contributed by atoms with E-state index in [4.69, 9.17) is 16.3 Å². The summed E-state index contributed by atoms with van der Waals surface area (Å²) in [6.45, 7) is 3.56. The van der Waals surface area contributed by atoms with E-state index in [2.05, 4.69) is 37.5 Å². The van der Waals surface area contributed by atoms with Gasteiger partial charge < -0.3 is 9.64 Å². The summed E-state index contributed by atoms with van der Waals surface area (Å²) in [4.78, 5) is 10.8. The van der Waals surface area contributed by atoms with Gasteiger partial charge in [-0.05, 0) is 43.9 Å². The summed E-state index contributed by atoms with van der Waals surface area (Å²) in [7, 11) is -3.86. The number of ether oxygens (including phenoxy) is 1. The maximum Gasteiger partial charge on any atom is 0.390 e.